The number of imidazole rings is 1. The van der Waals surface area contributed by atoms with Crippen molar-refractivity contribution in [2.45, 2.75) is 24.4 Å². The van der Waals surface area contributed by atoms with Crippen molar-refractivity contribution in [2.24, 2.45) is 0 Å². The van der Waals surface area contributed by atoms with Gasteiger partial charge in [0.15, 0.2) is 5.16 Å². The summed E-state index contributed by atoms with van der Waals surface area (Å²) < 4.78 is 26.3. The van der Waals surface area contributed by atoms with E-state index in [9.17, 15) is 9.18 Å². The maximum Gasteiger partial charge on any atom is 0.338 e. The first kappa shape index (κ1) is 21.9. The number of hydrogen-bond donors (Lipinski definition) is 0. The number of ether oxygens (including phenoxy) is 2. The maximum atomic E-state index is 13.8. The number of carbonyl (C=O) groups is 1. The highest BCUT2D eigenvalue weighted by atomic mass is 32.2. The molecule has 0 fully saturated rings. The number of benzene rings is 3. The maximum absolute atomic E-state index is 13.8. The molecule has 7 heteroatoms. The lowest BCUT2D eigenvalue weighted by atomic mass is 10.2. The second-order valence-electron chi connectivity index (χ2n) is 7.17. The number of nitrogens with zero attached hydrogens (tertiary/aromatic N) is 2. The third-order valence-corrected chi connectivity index (χ3v) is 6.00. The van der Waals surface area contributed by atoms with E-state index in [4.69, 9.17) is 14.5 Å². The average Bonchev–Trinajstić information content (AvgIpc) is 3.14. The summed E-state index contributed by atoms with van der Waals surface area (Å²) in [7, 11) is 1.64. The van der Waals surface area contributed by atoms with E-state index >= 15 is 0 Å². The second-order valence-corrected chi connectivity index (χ2v) is 8.12. The molecule has 0 unspecified atom stereocenters. The number of aromatic nitrogens is 2. The Morgan fingerprint density at radius 2 is 1.88 bits per heavy atom. The van der Waals surface area contributed by atoms with Gasteiger partial charge in [0.25, 0.3) is 0 Å². The molecule has 0 aliphatic heterocycles. The van der Waals surface area contributed by atoms with Gasteiger partial charge in [-0.1, -0.05) is 36.0 Å². The summed E-state index contributed by atoms with van der Waals surface area (Å²) >= 11 is 1.58. The van der Waals surface area contributed by atoms with Gasteiger partial charge in [0.05, 0.1) is 36.9 Å². The molecule has 4 rings (SSSR count). The van der Waals surface area contributed by atoms with Gasteiger partial charge in [-0.25, -0.2) is 14.2 Å². The molecule has 0 saturated carbocycles. The number of thioether (sulfide) groups is 1. The molecule has 3 aromatic carbocycles. The third-order valence-electron chi connectivity index (χ3n) is 4.96. The van der Waals surface area contributed by atoms with Crippen LogP contribution in [-0.4, -0.2) is 29.2 Å². The van der Waals surface area contributed by atoms with Crippen LogP contribution in [0.15, 0.2) is 71.9 Å². The summed E-state index contributed by atoms with van der Waals surface area (Å²) in [6, 6.07) is 19.8. The number of rotatable bonds is 8. The van der Waals surface area contributed by atoms with Crippen LogP contribution in [0.25, 0.3) is 11.0 Å². The normalized spacial score (nSPS) is 11.0. The van der Waals surface area contributed by atoms with E-state index < -0.39 is 0 Å². The van der Waals surface area contributed by atoms with E-state index in [0.717, 1.165) is 27.5 Å². The van der Waals surface area contributed by atoms with Gasteiger partial charge in [0.2, 0.25) is 0 Å². The Bertz CT molecular complexity index is 1260. The highest BCUT2D eigenvalue weighted by Crippen LogP contribution is 2.29. The zero-order chi connectivity index (χ0) is 22.5. The number of fused-ring (bicyclic) bond motifs is 1. The van der Waals surface area contributed by atoms with E-state index in [2.05, 4.69) is 0 Å². The fraction of sp³-hybridized carbons (Fsp3) is 0.200. The van der Waals surface area contributed by atoms with Crippen LogP contribution < -0.4 is 4.74 Å². The van der Waals surface area contributed by atoms with Crippen molar-refractivity contribution < 1.29 is 18.7 Å². The molecule has 0 bridgehead atoms. The Hall–Kier alpha value is -3.32. The Balaban J connectivity index is 1.69. The van der Waals surface area contributed by atoms with Crippen molar-refractivity contribution in [3.63, 3.8) is 0 Å². The summed E-state index contributed by atoms with van der Waals surface area (Å²) in [4.78, 5) is 16.9. The van der Waals surface area contributed by atoms with Crippen LogP contribution in [0, 0.1) is 5.82 Å². The van der Waals surface area contributed by atoms with Crippen LogP contribution in [0.3, 0.4) is 0 Å². The number of halogens is 1. The van der Waals surface area contributed by atoms with Crippen LogP contribution in [-0.2, 0) is 17.0 Å². The van der Waals surface area contributed by atoms with Crippen LogP contribution in [0.1, 0.15) is 28.4 Å². The molecule has 0 aliphatic rings. The Morgan fingerprint density at radius 3 is 2.66 bits per heavy atom. The van der Waals surface area contributed by atoms with Gasteiger partial charge in [-0.15, -0.1) is 0 Å². The summed E-state index contributed by atoms with van der Waals surface area (Å²) in [6.07, 6.45) is 0. The van der Waals surface area contributed by atoms with Gasteiger partial charge < -0.3 is 14.0 Å². The Labute approximate surface area is 190 Å². The molecule has 0 spiro atoms. The quantitative estimate of drug-likeness (QED) is 0.255. The Kier molecular flexibility index (Phi) is 6.75. The van der Waals surface area contributed by atoms with Crippen molar-refractivity contribution >= 4 is 28.8 Å². The molecular weight excluding hydrogens is 427 g/mol. The minimum absolute atomic E-state index is 0.276. The standard InChI is InChI=1S/C25H23FN2O3S/c1-3-31-24(29)19-10-11-23-22(14-19)27-25(28(23)15-17-6-4-8-20(26)12-17)32-16-18-7-5-9-21(13-18)30-2/h4-14H,3,15-16H2,1-2H3. The molecule has 0 atom stereocenters. The largest absolute Gasteiger partial charge is 0.497 e. The monoisotopic (exact) mass is 450 g/mol. The van der Waals surface area contributed by atoms with E-state index in [-0.39, 0.29) is 11.8 Å². The zero-order valence-electron chi connectivity index (χ0n) is 17.9. The van der Waals surface area contributed by atoms with Gasteiger partial charge in [-0.05, 0) is 60.5 Å². The van der Waals surface area contributed by atoms with E-state index in [1.54, 1.807) is 44.0 Å². The predicted octanol–water partition coefficient (Wildman–Crippen LogP) is 5.70. The molecule has 4 aromatic rings. The fourth-order valence-electron chi connectivity index (χ4n) is 3.44. The molecule has 0 radical (unpaired) electrons. The first-order valence-corrected chi connectivity index (χ1v) is 11.2. The summed E-state index contributed by atoms with van der Waals surface area (Å²) in [5.74, 6) is 0.839. The minimum atomic E-state index is -0.375. The van der Waals surface area contributed by atoms with Gasteiger partial charge >= 0.3 is 5.97 Å². The lowest BCUT2D eigenvalue weighted by Gasteiger charge is -2.10. The van der Waals surface area contributed by atoms with Crippen molar-refractivity contribution in [1.29, 1.82) is 0 Å². The molecule has 0 amide bonds. The number of carbonyl (C=O) groups excluding carboxylic acids is 1. The van der Waals surface area contributed by atoms with Gasteiger partial charge in [0, 0.05) is 5.75 Å². The molecule has 1 aromatic heterocycles. The van der Waals surface area contributed by atoms with Crippen LogP contribution in [0.5, 0.6) is 5.75 Å². The number of methoxy groups -OCH3 is 1. The smallest absolute Gasteiger partial charge is 0.338 e. The van der Waals surface area contributed by atoms with Crippen LogP contribution >= 0.6 is 11.8 Å². The molecule has 1 heterocycles. The SMILES string of the molecule is CCOC(=O)c1ccc2c(c1)nc(SCc1cccc(OC)c1)n2Cc1cccc(F)c1. The lowest BCUT2D eigenvalue weighted by Crippen LogP contribution is -2.05. The highest BCUT2D eigenvalue weighted by molar-refractivity contribution is 7.98. The predicted molar refractivity (Wildman–Crippen MR) is 124 cm³/mol. The molecule has 164 valence electrons. The lowest BCUT2D eigenvalue weighted by molar-refractivity contribution is 0.0526. The molecule has 32 heavy (non-hydrogen) atoms. The first-order valence-electron chi connectivity index (χ1n) is 10.2. The van der Waals surface area contributed by atoms with Gasteiger partial charge in [-0.3, -0.25) is 0 Å². The van der Waals surface area contributed by atoms with E-state index in [1.807, 2.05) is 41.0 Å². The molecule has 5 nitrogen and oxygen atoms in total. The summed E-state index contributed by atoms with van der Waals surface area (Å²) in [5.41, 5.74) is 3.96. The highest BCUT2D eigenvalue weighted by Gasteiger charge is 2.15. The number of esters is 1. The number of hydrogen-bond acceptors (Lipinski definition) is 5. The third kappa shape index (κ3) is 4.94. The second kappa shape index (κ2) is 9.87. The van der Waals surface area contributed by atoms with Gasteiger partial charge in [-0.2, -0.15) is 0 Å². The molecule has 0 aliphatic carbocycles. The van der Waals surface area contributed by atoms with Crippen molar-refractivity contribution in [3.05, 3.63) is 89.2 Å². The average molecular weight is 451 g/mol. The zero-order valence-corrected chi connectivity index (χ0v) is 18.7. The van der Waals surface area contributed by atoms with Crippen LogP contribution in [0.4, 0.5) is 4.39 Å². The van der Waals surface area contributed by atoms with Gasteiger partial charge in [0.1, 0.15) is 11.6 Å². The first-order chi connectivity index (χ1) is 15.6. The van der Waals surface area contributed by atoms with Crippen molar-refractivity contribution in [2.75, 3.05) is 13.7 Å². The minimum Gasteiger partial charge on any atom is -0.497 e. The van der Waals surface area contributed by atoms with Crippen LogP contribution in [0.2, 0.25) is 0 Å². The molecule has 0 saturated heterocycles. The summed E-state index contributed by atoms with van der Waals surface area (Å²) in [6.45, 7) is 2.55. The van der Waals surface area contributed by atoms with E-state index in [1.165, 1.54) is 12.1 Å². The molecule has 0 N–H and O–H groups in total. The van der Waals surface area contributed by atoms with E-state index in [0.29, 0.717) is 30.0 Å². The fourth-order valence-corrected chi connectivity index (χ4v) is 4.40. The van der Waals surface area contributed by atoms with Crippen molar-refractivity contribution in [1.82, 2.24) is 9.55 Å². The van der Waals surface area contributed by atoms with Crippen molar-refractivity contribution in [3.8, 4) is 5.75 Å². The Morgan fingerprint density at radius 1 is 1.06 bits per heavy atom. The summed E-state index contributed by atoms with van der Waals surface area (Å²) in [5, 5.41) is 0.785. The topological polar surface area (TPSA) is 53.4 Å². The molecular formula is C25H23FN2O3S.